The minimum Gasteiger partial charge on any atom is -0.360 e. The van der Waals surface area contributed by atoms with Crippen molar-refractivity contribution in [2.75, 3.05) is 36.4 Å². The average Bonchev–Trinajstić information content (AvgIpc) is 2.39. The van der Waals surface area contributed by atoms with Crippen molar-refractivity contribution in [2.24, 2.45) is 5.92 Å². The topological polar surface area (TPSA) is 44.4 Å². The molecule has 3 rings (SSSR count). The lowest BCUT2D eigenvalue weighted by Gasteiger charge is -2.35. The number of piperidine rings is 1. The van der Waals surface area contributed by atoms with Crippen molar-refractivity contribution in [3.63, 3.8) is 0 Å². The average molecular weight is 324 g/mol. The summed E-state index contributed by atoms with van der Waals surface area (Å²) in [7, 11) is 0. The quantitative estimate of drug-likeness (QED) is 0.877. The van der Waals surface area contributed by atoms with Crippen LogP contribution in [0.4, 0.5) is 11.4 Å². The maximum absolute atomic E-state index is 11.8. The fraction of sp³-hybridized carbons (Fsp3) is 0.500. The number of benzene rings is 1. The maximum Gasteiger partial charge on any atom is 0.243 e. The van der Waals surface area contributed by atoms with Crippen molar-refractivity contribution in [2.45, 2.75) is 12.8 Å². The molecule has 1 amide bonds. The molecule has 1 aromatic carbocycles. The Morgan fingerprint density at radius 1 is 1.42 bits per heavy atom. The standard InChI is InChI=1S/C14H18BrN3O/c15-11-3-4-13-12(6-11)17-14(19)9-18(13)8-10-2-1-5-16-7-10/h3-4,6,10,16H,1-2,5,7-9H2,(H,17,19). The summed E-state index contributed by atoms with van der Waals surface area (Å²) < 4.78 is 0.993. The van der Waals surface area contributed by atoms with Crippen LogP contribution in [0, 0.1) is 5.92 Å². The molecule has 1 atom stereocenters. The molecule has 0 aromatic heterocycles. The molecule has 1 fully saturated rings. The van der Waals surface area contributed by atoms with E-state index in [2.05, 4.69) is 37.5 Å². The Morgan fingerprint density at radius 3 is 3.11 bits per heavy atom. The van der Waals surface area contributed by atoms with Crippen molar-refractivity contribution in [3.8, 4) is 0 Å². The second kappa shape index (κ2) is 5.51. The smallest absolute Gasteiger partial charge is 0.243 e. The number of anilines is 2. The third-order valence-electron chi connectivity index (χ3n) is 3.79. The van der Waals surface area contributed by atoms with E-state index in [-0.39, 0.29) is 5.91 Å². The third-order valence-corrected chi connectivity index (χ3v) is 4.28. The van der Waals surface area contributed by atoms with Crippen LogP contribution in [0.25, 0.3) is 0 Å². The van der Waals surface area contributed by atoms with Gasteiger partial charge in [-0.25, -0.2) is 0 Å². The summed E-state index contributed by atoms with van der Waals surface area (Å²) in [5, 5.41) is 6.38. The van der Waals surface area contributed by atoms with Gasteiger partial charge in [-0.15, -0.1) is 0 Å². The Bertz CT molecular complexity index is 486. The summed E-state index contributed by atoms with van der Waals surface area (Å²) in [6, 6.07) is 6.08. The van der Waals surface area contributed by atoms with Crippen LogP contribution < -0.4 is 15.5 Å². The Labute approximate surface area is 121 Å². The molecular formula is C14H18BrN3O. The van der Waals surface area contributed by atoms with Crippen LogP contribution in [0.1, 0.15) is 12.8 Å². The summed E-state index contributed by atoms with van der Waals surface area (Å²) >= 11 is 3.45. The van der Waals surface area contributed by atoms with Gasteiger partial charge >= 0.3 is 0 Å². The number of carbonyl (C=O) groups excluding carboxylic acids is 1. The molecule has 0 spiro atoms. The Balaban J connectivity index is 1.80. The molecule has 0 radical (unpaired) electrons. The van der Waals surface area contributed by atoms with Crippen LogP contribution in [0.2, 0.25) is 0 Å². The summed E-state index contributed by atoms with van der Waals surface area (Å²) in [6.45, 7) is 3.60. The molecule has 0 saturated carbocycles. The zero-order chi connectivity index (χ0) is 13.2. The molecule has 1 saturated heterocycles. The van der Waals surface area contributed by atoms with E-state index in [9.17, 15) is 4.79 Å². The minimum absolute atomic E-state index is 0.0781. The van der Waals surface area contributed by atoms with Gasteiger partial charge in [0, 0.05) is 11.0 Å². The first-order valence-electron chi connectivity index (χ1n) is 6.77. The Hall–Kier alpha value is -1.07. The van der Waals surface area contributed by atoms with E-state index in [1.165, 1.54) is 12.8 Å². The monoisotopic (exact) mass is 323 g/mol. The second-order valence-electron chi connectivity index (χ2n) is 5.30. The maximum atomic E-state index is 11.8. The van der Waals surface area contributed by atoms with Crippen molar-refractivity contribution < 1.29 is 4.79 Å². The molecule has 2 aliphatic heterocycles. The molecule has 0 aliphatic carbocycles. The lowest BCUT2D eigenvalue weighted by atomic mass is 9.98. The van der Waals surface area contributed by atoms with Gasteiger partial charge in [0.15, 0.2) is 0 Å². The van der Waals surface area contributed by atoms with E-state index in [4.69, 9.17) is 0 Å². The Kier molecular flexibility index (Phi) is 3.75. The van der Waals surface area contributed by atoms with Crippen molar-refractivity contribution >= 4 is 33.2 Å². The molecule has 1 unspecified atom stereocenters. The zero-order valence-corrected chi connectivity index (χ0v) is 12.4. The second-order valence-corrected chi connectivity index (χ2v) is 6.22. The molecule has 1 aromatic rings. The van der Waals surface area contributed by atoms with Gasteiger partial charge in [0.2, 0.25) is 5.91 Å². The Morgan fingerprint density at radius 2 is 2.32 bits per heavy atom. The summed E-state index contributed by atoms with van der Waals surface area (Å²) in [6.07, 6.45) is 2.48. The van der Waals surface area contributed by atoms with E-state index in [1.807, 2.05) is 12.1 Å². The molecule has 19 heavy (non-hydrogen) atoms. The van der Waals surface area contributed by atoms with Crippen LogP contribution in [0.3, 0.4) is 0 Å². The highest BCUT2D eigenvalue weighted by atomic mass is 79.9. The highest BCUT2D eigenvalue weighted by Gasteiger charge is 2.25. The van der Waals surface area contributed by atoms with Crippen molar-refractivity contribution in [3.05, 3.63) is 22.7 Å². The third kappa shape index (κ3) is 2.92. The van der Waals surface area contributed by atoms with Gasteiger partial charge in [0.25, 0.3) is 0 Å². The van der Waals surface area contributed by atoms with E-state index >= 15 is 0 Å². The number of carbonyl (C=O) groups is 1. The molecule has 5 heteroatoms. The number of hydrogen-bond donors (Lipinski definition) is 2. The van der Waals surface area contributed by atoms with Gasteiger partial charge in [-0.05, 0) is 50.0 Å². The van der Waals surface area contributed by atoms with Gasteiger partial charge in [-0.3, -0.25) is 4.79 Å². The van der Waals surface area contributed by atoms with Gasteiger partial charge < -0.3 is 15.5 Å². The van der Waals surface area contributed by atoms with Crippen molar-refractivity contribution in [1.29, 1.82) is 0 Å². The number of fused-ring (bicyclic) bond motifs is 1. The molecule has 2 aliphatic rings. The number of nitrogens with zero attached hydrogens (tertiary/aromatic N) is 1. The number of nitrogens with one attached hydrogen (secondary N) is 2. The first-order chi connectivity index (χ1) is 9.22. The molecular weight excluding hydrogens is 306 g/mol. The first-order valence-corrected chi connectivity index (χ1v) is 7.57. The predicted octanol–water partition coefficient (Wildman–Crippen LogP) is 2.21. The van der Waals surface area contributed by atoms with E-state index in [0.29, 0.717) is 12.5 Å². The lowest BCUT2D eigenvalue weighted by Crippen LogP contribution is -2.44. The fourth-order valence-electron chi connectivity index (χ4n) is 2.89. The van der Waals surface area contributed by atoms with Crippen molar-refractivity contribution in [1.82, 2.24) is 5.32 Å². The summed E-state index contributed by atoms with van der Waals surface area (Å²) in [5.74, 6) is 0.713. The van der Waals surface area contributed by atoms with Crippen LogP contribution in [0.15, 0.2) is 22.7 Å². The predicted molar refractivity (Wildman–Crippen MR) is 80.6 cm³/mol. The van der Waals surface area contributed by atoms with Gasteiger partial charge in [-0.1, -0.05) is 15.9 Å². The summed E-state index contributed by atoms with van der Waals surface area (Å²) in [5.41, 5.74) is 2.04. The summed E-state index contributed by atoms with van der Waals surface area (Å²) in [4.78, 5) is 14.0. The highest BCUT2D eigenvalue weighted by Crippen LogP contribution is 2.32. The number of amides is 1. The lowest BCUT2D eigenvalue weighted by molar-refractivity contribution is -0.115. The molecule has 4 nitrogen and oxygen atoms in total. The normalized spacial score (nSPS) is 22.9. The first kappa shape index (κ1) is 12.9. The number of halogens is 1. The number of rotatable bonds is 2. The van der Waals surface area contributed by atoms with E-state index < -0.39 is 0 Å². The van der Waals surface area contributed by atoms with E-state index in [1.54, 1.807) is 0 Å². The fourth-order valence-corrected chi connectivity index (χ4v) is 3.25. The van der Waals surface area contributed by atoms with Crippen LogP contribution in [-0.2, 0) is 4.79 Å². The van der Waals surface area contributed by atoms with Crippen LogP contribution in [0.5, 0.6) is 0 Å². The number of hydrogen-bond acceptors (Lipinski definition) is 3. The largest absolute Gasteiger partial charge is 0.360 e. The zero-order valence-electron chi connectivity index (χ0n) is 10.8. The van der Waals surface area contributed by atoms with Gasteiger partial charge in [0.1, 0.15) is 0 Å². The molecule has 2 N–H and O–H groups in total. The van der Waals surface area contributed by atoms with Crippen LogP contribution >= 0.6 is 15.9 Å². The van der Waals surface area contributed by atoms with Gasteiger partial charge in [-0.2, -0.15) is 0 Å². The van der Waals surface area contributed by atoms with Gasteiger partial charge in [0.05, 0.1) is 17.9 Å². The van der Waals surface area contributed by atoms with Crippen LogP contribution in [-0.4, -0.2) is 32.1 Å². The SMILES string of the molecule is O=C1CN(CC2CCCNC2)c2ccc(Br)cc2N1. The molecule has 102 valence electrons. The molecule has 2 heterocycles. The van der Waals surface area contributed by atoms with E-state index in [0.717, 1.165) is 35.5 Å². The highest BCUT2D eigenvalue weighted by molar-refractivity contribution is 9.10. The minimum atomic E-state index is 0.0781. The molecule has 0 bridgehead atoms.